The molecule has 3 rings (SSSR count). The molecule has 0 radical (unpaired) electrons. The molecule has 3 aromatic rings. The van der Waals surface area contributed by atoms with Crippen LogP contribution in [0.15, 0.2) is 54.7 Å². The fourth-order valence-electron chi connectivity index (χ4n) is 3.26. The number of esters is 1. The average Bonchev–Trinajstić information content (AvgIpc) is 3.09. The lowest BCUT2D eigenvalue weighted by atomic mass is 9.95. The van der Waals surface area contributed by atoms with Gasteiger partial charge in [0.15, 0.2) is 0 Å². The van der Waals surface area contributed by atoms with Gasteiger partial charge >= 0.3 is 5.97 Å². The molecule has 0 saturated carbocycles. The van der Waals surface area contributed by atoms with Gasteiger partial charge < -0.3 is 15.5 Å². The third kappa shape index (κ3) is 3.81. The molecule has 0 aliphatic heterocycles. The van der Waals surface area contributed by atoms with Crippen LogP contribution in [0.4, 0.5) is 0 Å². The number of nitrogens with two attached hydrogens (primary N) is 1. The highest BCUT2D eigenvalue weighted by Gasteiger charge is 2.23. The third-order valence-electron chi connectivity index (χ3n) is 4.71. The Balaban J connectivity index is 1.88. The molecule has 2 aromatic carbocycles. The number of rotatable bonds is 7. The van der Waals surface area contributed by atoms with E-state index in [1.807, 2.05) is 55.6 Å². The average molecular weight is 350 g/mol. The van der Waals surface area contributed by atoms with E-state index in [1.165, 1.54) is 0 Å². The normalized spacial score (nSPS) is 13.5. The van der Waals surface area contributed by atoms with Crippen molar-refractivity contribution in [3.63, 3.8) is 0 Å². The van der Waals surface area contributed by atoms with E-state index in [1.54, 1.807) is 0 Å². The lowest BCUT2D eigenvalue weighted by Crippen LogP contribution is -2.27. The summed E-state index contributed by atoms with van der Waals surface area (Å²) < 4.78 is 5.56. The fraction of sp³-hybridized carbons (Fsp3) is 0.318. The minimum atomic E-state index is -0.802. The molecule has 0 unspecified atom stereocenters. The minimum Gasteiger partial charge on any atom is -0.461 e. The number of ether oxygens (including phenoxy) is 1. The molecule has 0 spiro atoms. The van der Waals surface area contributed by atoms with Gasteiger partial charge in [-0.25, -0.2) is 4.79 Å². The number of H-pyrrole nitrogens is 1. The van der Waals surface area contributed by atoms with E-state index < -0.39 is 6.04 Å². The Kier molecular flexibility index (Phi) is 5.74. The number of nitrogens with one attached hydrogen (secondary N) is 1. The van der Waals surface area contributed by atoms with Crippen LogP contribution in [0.25, 0.3) is 22.0 Å². The van der Waals surface area contributed by atoms with Gasteiger partial charge in [-0.1, -0.05) is 62.2 Å². The van der Waals surface area contributed by atoms with Gasteiger partial charge in [0.25, 0.3) is 0 Å². The smallest absolute Gasteiger partial charge is 0.327 e. The lowest BCUT2D eigenvalue weighted by Gasteiger charge is -2.19. The summed E-state index contributed by atoms with van der Waals surface area (Å²) in [5, 5.41) is 1.11. The second-order valence-corrected chi connectivity index (χ2v) is 6.70. The van der Waals surface area contributed by atoms with Crippen molar-refractivity contribution in [1.29, 1.82) is 0 Å². The van der Waals surface area contributed by atoms with Crippen molar-refractivity contribution in [3.05, 3.63) is 60.3 Å². The predicted octanol–water partition coefficient (Wildman–Crippen LogP) is 4.96. The van der Waals surface area contributed by atoms with E-state index in [0.29, 0.717) is 0 Å². The summed E-state index contributed by atoms with van der Waals surface area (Å²) >= 11 is 0. The maximum atomic E-state index is 12.5. The monoisotopic (exact) mass is 350 g/mol. The number of hydrogen-bond acceptors (Lipinski definition) is 3. The van der Waals surface area contributed by atoms with Crippen LogP contribution in [0, 0.1) is 0 Å². The molecule has 26 heavy (non-hydrogen) atoms. The number of hydrogen-bond donors (Lipinski definition) is 2. The lowest BCUT2D eigenvalue weighted by molar-refractivity contribution is -0.150. The summed E-state index contributed by atoms with van der Waals surface area (Å²) in [6, 6.07) is 15.1. The van der Waals surface area contributed by atoms with E-state index in [9.17, 15) is 4.79 Å². The SMILES string of the molecule is CCCC[C@H](C)OC(=O)[C@@H](N)c1ccccc1-c1c[nH]c2ccccc12. The van der Waals surface area contributed by atoms with Gasteiger partial charge in [-0.3, -0.25) is 0 Å². The molecular weight excluding hydrogens is 324 g/mol. The number of aromatic nitrogens is 1. The van der Waals surface area contributed by atoms with E-state index in [-0.39, 0.29) is 12.1 Å². The quantitative estimate of drug-likeness (QED) is 0.592. The number of fused-ring (bicyclic) bond motifs is 1. The van der Waals surface area contributed by atoms with Crippen LogP contribution in [0.3, 0.4) is 0 Å². The van der Waals surface area contributed by atoms with Gasteiger partial charge in [0.2, 0.25) is 0 Å². The second-order valence-electron chi connectivity index (χ2n) is 6.70. The Bertz CT molecular complexity index is 884. The van der Waals surface area contributed by atoms with Gasteiger partial charge in [0, 0.05) is 22.7 Å². The van der Waals surface area contributed by atoms with Crippen molar-refractivity contribution in [3.8, 4) is 11.1 Å². The van der Waals surface area contributed by atoms with Crippen LogP contribution in [-0.4, -0.2) is 17.1 Å². The van der Waals surface area contributed by atoms with Gasteiger partial charge in [-0.05, 0) is 30.5 Å². The summed E-state index contributed by atoms with van der Waals surface area (Å²) in [5.74, 6) is -0.374. The zero-order valence-corrected chi connectivity index (χ0v) is 15.4. The molecule has 2 atom stereocenters. The molecule has 1 heterocycles. The van der Waals surface area contributed by atoms with E-state index in [0.717, 1.165) is 46.9 Å². The third-order valence-corrected chi connectivity index (χ3v) is 4.71. The van der Waals surface area contributed by atoms with E-state index in [4.69, 9.17) is 10.5 Å². The molecule has 0 bridgehead atoms. The molecule has 0 amide bonds. The maximum Gasteiger partial charge on any atom is 0.327 e. The van der Waals surface area contributed by atoms with Crippen LogP contribution in [0.5, 0.6) is 0 Å². The second kappa shape index (κ2) is 8.19. The maximum absolute atomic E-state index is 12.5. The van der Waals surface area contributed by atoms with Gasteiger partial charge in [0.1, 0.15) is 6.04 Å². The van der Waals surface area contributed by atoms with Crippen molar-refractivity contribution in [1.82, 2.24) is 4.98 Å². The molecule has 0 saturated heterocycles. The van der Waals surface area contributed by atoms with Gasteiger partial charge in [-0.15, -0.1) is 0 Å². The summed E-state index contributed by atoms with van der Waals surface area (Å²) in [5.41, 5.74) is 10.1. The first kappa shape index (κ1) is 18.2. The molecule has 3 N–H and O–H groups in total. The number of aromatic amines is 1. The molecule has 4 nitrogen and oxygen atoms in total. The van der Waals surface area contributed by atoms with Crippen LogP contribution in [0.1, 0.15) is 44.7 Å². The highest BCUT2D eigenvalue weighted by molar-refractivity contribution is 5.97. The Morgan fingerprint density at radius 1 is 1.12 bits per heavy atom. The van der Waals surface area contributed by atoms with Crippen LogP contribution < -0.4 is 5.73 Å². The molecule has 4 heteroatoms. The molecular formula is C22H26N2O2. The Morgan fingerprint density at radius 3 is 2.65 bits per heavy atom. The van der Waals surface area contributed by atoms with Crippen molar-refractivity contribution >= 4 is 16.9 Å². The fourth-order valence-corrected chi connectivity index (χ4v) is 3.26. The van der Waals surface area contributed by atoms with Crippen molar-refractivity contribution in [2.24, 2.45) is 5.73 Å². The minimum absolute atomic E-state index is 0.117. The number of para-hydroxylation sites is 1. The first-order chi connectivity index (χ1) is 12.6. The van der Waals surface area contributed by atoms with Crippen LogP contribution in [0.2, 0.25) is 0 Å². The molecule has 0 aliphatic carbocycles. The molecule has 136 valence electrons. The first-order valence-electron chi connectivity index (χ1n) is 9.23. The molecule has 0 fully saturated rings. The largest absolute Gasteiger partial charge is 0.461 e. The first-order valence-corrected chi connectivity index (χ1v) is 9.23. The highest BCUT2D eigenvalue weighted by Crippen LogP contribution is 2.33. The molecule has 1 aromatic heterocycles. The van der Waals surface area contributed by atoms with E-state index >= 15 is 0 Å². The Labute approximate surface area is 154 Å². The van der Waals surface area contributed by atoms with Crippen LogP contribution >= 0.6 is 0 Å². The summed E-state index contributed by atoms with van der Waals surface area (Å²) in [6.07, 6.45) is 4.83. The number of unbranched alkanes of at least 4 members (excludes halogenated alkanes) is 1. The predicted molar refractivity (Wildman–Crippen MR) is 106 cm³/mol. The van der Waals surface area contributed by atoms with Gasteiger partial charge in [0.05, 0.1) is 6.10 Å². The standard InChI is InChI=1S/C22H26N2O2/c1-3-4-9-15(2)26-22(25)21(23)18-12-6-5-10-16(18)19-14-24-20-13-8-7-11-17(19)20/h5-8,10-15,21,24H,3-4,9,23H2,1-2H3/t15-,21-/m0/s1. The zero-order valence-electron chi connectivity index (χ0n) is 15.4. The Hall–Kier alpha value is -2.59. The summed E-state index contributed by atoms with van der Waals surface area (Å²) in [7, 11) is 0. The topological polar surface area (TPSA) is 68.1 Å². The number of carbonyl (C=O) groups is 1. The summed E-state index contributed by atoms with van der Waals surface area (Å²) in [4.78, 5) is 15.8. The van der Waals surface area contributed by atoms with Gasteiger partial charge in [-0.2, -0.15) is 0 Å². The Morgan fingerprint density at radius 2 is 1.85 bits per heavy atom. The number of carbonyl (C=O) groups excluding carboxylic acids is 1. The number of benzene rings is 2. The molecule has 0 aliphatic rings. The van der Waals surface area contributed by atoms with Crippen molar-refractivity contribution in [2.75, 3.05) is 0 Å². The van der Waals surface area contributed by atoms with Crippen molar-refractivity contribution < 1.29 is 9.53 Å². The zero-order chi connectivity index (χ0) is 18.5. The van der Waals surface area contributed by atoms with Crippen LogP contribution in [-0.2, 0) is 9.53 Å². The summed E-state index contributed by atoms with van der Waals surface area (Å²) in [6.45, 7) is 4.05. The van der Waals surface area contributed by atoms with E-state index in [2.05, 4.69) is 18.0 Å². The van der Waals surface area contributed by atoms with Crippen molar-refractivity contribution in [2.45, 2.75) is 45.3 Å². The highest BCUT2D eigenvalue weighted by atomic mass is 16.5.